The topological polar surface area (TPSA) is 41.1 Å². The van der Waals surface area contributed by atoms with Crippen molar-refractivity contribution in [2.45, 2.75) is 33.2 Å². The third kappa shape index (κ3) is 4.25. The van der Waals surface area contributed by atoms with Gasteiger partial charge in [0, 0.05) is 10.7 Å². The molecule has 2 aromatic carbocycles. The van der Waals surface area contributed by atoms with Crippen LogP contribution in [0, 0.1) is 13.8 Å². The first-order chi connectivity index (χ1) is 10.5. The number of nitrogens with one attached hydrogen (secondary N) is 2. The quantitative estimate of drug-likeness (QED) is 0.796. The van der Waals surface area contributed by atoms with E-state index in [1.54, 1.807) is 24.3 Å². The average Bonchev–Trinajstić information content (AvgIpc) is 2.48. The van der Waals surface area contributed by atoms with Crippen molar-refractivity contribution in [1.29, 1.82) is 0 Å². The molecule has 0 saturated heterocycles. The molecule has 1 unspecified atom stereocenters. The Morgan fingerprint density at radius 2 is 1.82 bits per heavy atom. The standard InChI is InChI=1S/C18H21ClN2O/c1-4-17(16-10-5-12(2)11-13(16)3)21-18(22)20-15-8-6-14(19)7-9-15/h5-11,17H,4H2,1-3H3,(H2,20,21,22). The molecule has 0 radical (unpaired) electrons. The van der Waals surface area contributed by atoms with Gasteiger partial charge in [0.2, 0.25) is 0 Å². The number of carbonyl (C=O) groups excluding carboxylic acids is 1. The minimum absolute atomic E-state index is 0.00657. The van der Waals surface area contributed by atoms with Crippen LogP contribution >= 0.6 is 11.6 Å². The van der Waals surface area contributed by atoms with E-state index in [0.717, 1.165) is 17.7 Å². The largest absolute Gasteiger partial charge is 0.331 e. The van der Waals surface area contributed by atoms with Crippen molar-refractivity contribution in [2.24, 2.45) is 0 Å². The number of anilines is 1. The van der Waals surface area contributed by atoms with E-state index >= 15 is 0 Å². The molecule has 0 aliphatic heterocycles. The molecule has 0 aliphatic rings. The minimum Gasteiger partial charge on any atom is -0.331 e. The third-order valence-corrected chi connectivity index (χ3v) is 3.87. The number of amides is 2. The van der Waals surface area contributed by atoms with Gasteiger partial charge in [0.05, 0.1) is 6.04 Å². The second-order valence-corrected chi connectivity index (χ2v) is 5.86. The fourth-order valence-electron chi connectivity index (χ4n) is 2.47. The van der Waals surface area contributed by atoms with Crippen molar-refractivity contribution >= 4 is 23.3 Å². The second kappa shape index (κ2) is 7.32. The van der Waals surface area contributed by atoms with Crippen LogP contribution < -0.4 is 10.6 Å². The number of rotatable bonds is 4. The van der Waals surface area contributed by atoms with Crippen LogP contribution in [0.25, 0.3) is 0 Å². The van der Waals surface area contributed by atoms with Crippen LogP contribution in [-0.2, 0) is 0 Å². The molecule has 2 rings (SSSR count). The zero-order valence-electron chi connectivity index (χ0n) is 13.1. The van der Waals surface area contributed by atoms with Gasteiger partial charge in [-0.2, -0.15) is 0 Å². The molecular weight excluding hydrogens is 296 g/mol. The molecule has 1 atom stereocenters. The Balaban J connectivity index is 2.06. The summed E-state index contributed by atoms with van der Waals surface area (Å²) in [5, 5.41) is 6.50. The summed E-state index contributed by atoms with van der Waals surface area (Å²) < 4.78 is 0. The van der Waals surface area contributed by atoms with Gasteiger partial charge in [-0.15, -0.1) is 0 Å². The van der Waals surface area contributed by atoms with Crippen molar-refractivity contribution in [3.05, 3.63) is 64.2 Å². The van der Waals surface area contributed by atoms with Gasteiger partial charge in [-0.05, 0) is 55.7 Å². The Morgan fingerprint density at radius 3 is 2.41 bits per heavy atom. The number of benzene rings is 2. The van der Waals surface area contributed by atoms with E-state index in [4.69, 9.17) is 11.6 Å². The molecule has 2 aromatic rings. The molecule has 0 bridgehead atoms. The van der Waals surface area contributed by atoms with Crippen LogP contribution in [0.4, 0.5) is 10.5 Å². The highest BCUT2D eigenvalue weighted by atomic mass is 35.5. The smallest absolute Gasteiger partial charge is 0.319 e. The summed E-state index contributed by atoms with van der Waals surface area (Å²) in [6.07, 6.45) is 0.831. The van der Waals surface area contributed by atoms with E-state index in [9.17, 15) is 4.79 Å². The zero-order valence-corrected chi connectivity index (χ0v) is 13.9. The van der Waals surface area contributed by atoms with Gasteiger partial charge in [-0.3, -0.25) is 0 Å². The molecule has 2 amide bonds. The predicted octanol–water partition coefficient (Wildman–Crippen LogP) is 5.23. The SMILES string of the molecule is CCC(NC(=O)Nc1ccc(Cl)cc1)c1ccc(C)cc1C. The van der Waals surface area contributed by atoms with Gasteiger partial charge >= 0.3 is 6.03 Å². The van der Waals surface area contributed by atoms with Crippen LogP contribution in [0.15, 0.2) is 42.5 Å². The normalized spacial score (nSPS) is 11.8. The molecule has 0 heterocycles. The maximum absolute atomic E-state index is 12.2. The molecule has 0 fully saturated rings. The molecule has 0 aromatic heterocycles. The lowest BCUT2D eigenvalue weighted by molar-refractivity contribution is 0.248. The van der Waals surface area contributed by atoms with Crippen molar-refractivity contribution < 1.29 is 4.79 Å². The molecule has 116 valence electrons. The average molecular weight is 317 g/mol. The Bertz CT molecular complexity index is 653. The third-order valence-electron chi connectivity index (χ3n) is 3.62. The van der Waals surface area contributed by atoms with E-state index in [1.165, 1.54) is 11.1 Å². The van der Waals surface area contributed by atoms with Gasteiger partial charge in [-0.1, -0.05) is 42.3 Å². The number of hydrogen-bond acceptors (Lipinski definition) is 1. The van der Waals surface area contributed by atoms with Crippen LogP contribution in [0.3, 0.4) is 0 Å². The van der Waals surface area contributed by atoms with Crippen LogP contribution in [0.1, 0.15) is 36.1 Å². The molecule has 22 heavy (non-hydrogen) atoms. The fraction of sp³-hybridized carbons (Fsp3) is 0.278. The first kappa shape index (κ1) is 16.4. The zero-order chi connectivity index (χ0) is 16.1. The molecule has 2 N–H and O–H groups in total. The van der Waals surface area contributed by atoms with Crippen LogP contribution in [0.2, 0.25) is 5.02 Å². The summed E-state index contributed by atoms with van der Waals surface area (Å²) in [5.74, 6) is 0. The highest BCUT2D eigenvalue weighted by molar-refractivity contribution is 6.30. The van der Waals surface area contributed by atoms with E-state index < -0.39 is 0 Å². The van der Waals surface area contributed by atoms with Gasteiger partial charge in [-0.25, -0.2) is 4.79 Å². The molecule has 0 aliphatic carbocycles. The Morgan fingerprint density at radius 1 is 1.14 bits per heavy atom. The monoisotopic (exact) mass is 316 g/mol. The van der Waals surface area contributed by atoms with E-state index in [0.29, 0.717) is 5.02 Å². The fourth-order valence-corrected chi connectivity index (χ4v) is 2.60. The van der Waals surface area contributed by atoms with Gasteiger partial charge < -0.3 is 10.6 Å². The van der Waals surface area contributed by atoms with Crippen molar-refractivity contribution in [1.82, 2.24) is 5.32 Å². The van der Waals surface area contributed by atoms with E-state index in [2.05, 4.69) is 49.6 Å². The molecule has 3 nitrogen and oxygen atoms in total. The highest BCUT2D eigenvalue weighted by Crippen LogP contribution is 2.22. The Hall–Kier alpha value is -2.00. The van der Waals surface area contributed by atoms with Crippen molar-refractivity contribution in [3.8, 4) is 0 Å². The molecule has 0 saturated carbocycles. The van der Waals surface area contributed by atoms with E-state index in [-0.39, 0.29) is 12.1 Å². The maximum atomic E-state index is 12.2. The molecule has 4 heteroatoms. The van der Waals surface area contributed by atoms with Crippen molar-refractivity contribution in [3.63, 3.8) is 0 Å². The lowest BCUT2D eigenvalue weighted by Crippen LogP contribution is -2.32. The number of carbonyl (C=O) groups is 1. The van der Waals surface area contributed by atoms with Crippen LogP contribution in [0.5, 0.6) is 0 Å². The summed E-state index contributed by atoms with van der Waals surface area (Å²) >= 11 is 5.84. The Labute approximate surface area is 136 Å². The van der Waals surface area contributed by atoms with Crippen LogP contribution in [-0.4, -0.2) is 6.03 Å². The molecule has 0 spiro atoms. The summed E-state index contributed by atoms with van der Waals surface area (Å²) in [6.45, 7) is 6.20. The van der Waals surface area contributed by atoms with Gasteiger partial charge in [0.25, 0.3) is 0 Å². The predicted molar refractivity (Wildman–Crippen MR) is 92.6 cm³/mol. The highest BCUT2D eigenvalue weighted by Gasteiger charge is 2.14. The number of hydrogen-bond donors (Lipinski definition) is 2. The number of halogens is 1. The summed E-state index contributed by atoms with van der Waals surface area (Å²) in [6, 6.07) is 13.1. The number of urea groups is 1. The number of aryl methyl sites for hydroxylation is 2. The summed E-state index contributed by atoms with van der Waals surface area (Å²) in [4.78, 5) is 12.2. The Kier molecular flexibility index (Phi) is 5.45. The lowest BCUT2D eigenvalue weighted by atomic mass is 9.98. The van der Waals surface area contributed by atoms with Gasteiger partial charge in [0.1, 0.15) is 0 Å². The van der Waals surface area contributed by atoms with Gasteiger partial charge in [0.15, 0.2) is 0 Å². The minimum atomic E-state index is -0.214. The molecular formula is C18H21ClN2O. The second-order valence-electron chi connectivity index (χ2n) is 5.43. The van der Waals surface area contributed by atoms with Crippen molar-refractivity contribution in [2.75, 3.05) is 5.32 Å². The first-order valence-corrected chi connectivity index (χ1v) is 7.77. The summed E-state index contributed by atoms with van der Waals surface area (Å²) in [7, 11) is 0. The maximum Gasteiger partial charge on any atom is 0.319 e. The first-order valence-electron chi connectivity index (χ1n) is 7.40. The van der Waals surface area contributed by atoms with E-state index in [1.807, 2.05) is 0 Å². The summed E-state index contributed by atoms with van der Waals surface area (Å²) in [5.41, 5.74) is 4.29. The lowest BCUT2D eigenvalue weighted by Gasteiger charge is -2.20.